The van der Waals surface area contributed by atoms with E-state index in [1.54, 1.807) is 0 Å². The van der Waals surface area contributed by atoms with Gasteiger partial charge in [-0.25, -0.2) is 0 Å². The highest BCUT2D eigenvalue weighted by Gasteiger charge is 2.21. The molecule has 1 saturated carbocycles. The van der Waals surface area contributed by atoms with E-state index in [9.17, 15) is 0 Å². The van der Waals surface area contributed by atoms with Crippen LogP contribution in [0, 0.1) is 0 Å². The first-order valence-electron chi connectivity index (χ1n) is 3.13. The van der Waals surface area contributed by atoms with E-state index in [0.717, 1.165) is 9.47 Å². The predicted molar refractivity (Wildman–Crippen MR) is 43.8 cm³/mol. The lowest BCUT2D eigenvalue weighted by atomic mass is 10.7. The molecule has 0 aromatic carbocycles. The molecule has 1 fully saturated rings. The summed E-state index contributed by atoms with van der Waals surface area (Å²) in [6, 6.07) is 0.653. The molecule has 0 amide bonds. The van der Waals surface area contributed by atoms with E-state index in [1.807, 2.05) is 0 Å². The number of rotatable bonds is 2. The summed E-state index contributed by atoms with van der Waals surface area (Å²) in [5.41, 5.74) is 0. The van der Waals surface area contributed by atoms with E-state index in [0.29, 0.717) is 6.04 Å². The highest BCUT2D eigenvalue weighted by molar-refractivity contribution is 7.82. The Morgan fingerprint density at radius 3 is 2.80 bits per heavy atom. The molecule has 3 nitrogen and oxygen atoms in total. The van der Waals surface area contributed by atoms with Gasteiger partial charge in [-0.1, -0.05) is 11.3 Å². The second-order valence-corrected chi connectivity index (χ2v) is 4.01. The van der Waals surface area contributed by atoms with Gasteiger partial charge < -0.3 is 5.32 Å². The van der Waals surface area contributed by atoms with Crippen LogP contribution in [-0.2, 0) is 0 Å². The molecule has 1 aliphatic rings. The van der Waals surface area contributed by atoms with Crippen LogP contribution in [-0.4, -0.2) is 16.2 Å². The molecule has 0 aliphatic heterocycles. The lowest BCUT2D eigenvalue weighted by Gasteiger charge is -1.93. The van der Waals surface area contributed by atoms with Gasteiger partial charge in [0.2, 0.25) is 5.13 Å². The molecule has 0 bridgehead atoms. The minimum absolute atomic E-state index is 0.653. The van der Waals surface area contributed by atoms with Crippen molar-refractivity contribution in [2.75, 3.05) is 5.32 Å². The van der Waals surface area contributed by atoms with Crippen molar-refractivity contribution >= 4 is 29.1 Å². The second-order valence-electron chi connectivity index (χ2n) is 2.31. The zero-order valence-corrected chi connectivity index (χ0v) is 6.95. The van der Waals surface area contributed by atoms with Crippen LogP contribution in [0.25, 0.3) is 0 Å². The van der Waals surface area contributed by atoms with E-state index in [-0.39, 0.29) is 0 Å². The molecule has 0 saturated heterocycles. The maximum atomic E-state index is 4.05. The minimum atomic E-state index is 0.653. The largest absolute Gasteiger partial charge is 0.357 e. The Labute approximate surface area is 68.3 Å². The van der Waals surface area contributed by atoms with E-state index >= 15 is 0 Å². The Balaban J connectivity index is 2.03. The van der Waals surface area contributed by atoms with Gasteiger partial charge in [0.15, 0.2) is 4.34 Å². The molecule has 1 aliphatic carbocycles. The molecular formula is C5H7N3S2. The summed E-state index contributed by atoms with van der Waals surface area (Å²) in [7, 11) is 0. The summed E-state index contributed by atoms with van der Waals surface area (Å²) in [5.74, 6) is 0. The van der Waals surface area contributed by atoms with Crippen LogP contribution >= 0.6 is 24.0 Å². The zero-order valence-electron chi connectivity index (χ0n) is 5.24. The molecule has 1 aromatic rings. The van der Waals surface area contributed by atoms with Crippen LogP contribution in [0.15, 0.2) is 4.34 Å². The number of anilines is 1. The molecular weight excluding hydrogens is 166 g/mol. The number of hydrogen-bond donors (Lipinski definition) is 2. The Kier molecular flexibility index (Phi) is 1.54. The Morgan fingerprint density at radius 2 is 2.30 bits per heavy atom. The van der Waals surface area contributed by atoms with Crippen LogP contribution < -0.4 is 5.32 Å². The minimum Gasteiger partial charge on any atom is -0.357 e. The molecule has 1 heterocycles. The predicted octanol–water partition coefficient (Wildman–Crippen LogP) is 1.40. The van der Waals surface area contributed by atoms with Gasteiger partial charge in [-0.05, 0) is 12.8 Å². The van der Waals surface area contributed by atoms with E-state index in [2.05, 4.69) is 28.1 Å². The first-order chi connectivity index (χ1) is 4.84. The van der Waals surface area contributed by atoms with Gasteiger partial charge in [0.25, 0.3) is 0 Å². The molecule has 2 rings (SSSR count). The van der Waals surface area contributed by atoms with E-state index < -0.39 is 0 Å². The highest BCUT2D eigenvalue weighted by atomic mass is 32.2. The lowest BCUT2D eigenvalue weighted by molar-refractivity contribution is 0.998. The Bertz CT molecular complexity index is 231. The van der Waals surface area contributed by atoms with Gasteiger partial charge in [0, 0.05) is 6.04 Å². The first-order valence-corrected chi connectivity index (χ1v) is 4.40. The molecule has 0 atom stereocenters. The van der Waals surface area contributed by atoms with Crippen molar-refractivity contribution in [3.8, 4) is 0 Å². The number of nitrogens with one attached hydrogen (secondary N) is 1. The van der Waals surface area contributed by atoms with Crippen molar-refractivity contribution < 1.29 is 0 Å². The van der Waals surface area contributed by atoms with Crippen LogP contribution in [0.4, 0.5) is 5.13 Å². The highest BCUT2D eigenvalue weighted by Crippen LogP contribution is 2.27. The maximum absolute atomic E-state index is 4.05. The summed E-state index contributed by atoms with van der Waals surface area (Å²) < 4.78 is 0.725. The Morgan fingerprint density at radius 1 is 1.50 bits per heavy atom. The summed E-state index contributed by atoms with van der Waals surface area (Å²) in [6.07, 6.45) is 2.53. The third-order valence-corrected chi connectivity index (χ3v) is 2.34. The summed E-state index contributed by atoms with van der Waals surface area (Å²) in [6.45, 7) is 0. The molecule has 0 radical (unpaired) electrons. The number of aromatic nitrogens is 2. The second kappa shape index (κ2) is 2.39. The quantitative estimate of drug-likeness (QED) is 0.664. The van der Waals surface area contributed by atoms with Crippen molar-refractivity contribution in [2.24, 2.45) is 0 Å². The number of thiol groups is 1. The monoisotopic (exact) mass is 173 g/mol. The summed E-state index contributed by atoms with van der Waals surface area (Å²) in [4.78, 5) is 0. The molecule has 54 valence electrons. The fourth-order valence-electron chi connectivity index (χ4n) is 0.676. The molecule has 1 aromatic heterocycles. The van der Waals surface area contributed by atoms with Crippen LogP contribution in [0.3, 0.4) is 0 Å². The fourth-order valence-corrected chi connectivity index (χ4v) is 1.54. The number of hydrogen-bond acceptors (Lipinski definition) is 5. The van der Waals surface area contributed by atoms with Crippen molar-refractivity contribution in [1.82, 2.24) is 10.2 Å². The maximum Gasteiger partial charge on any atom is 0.206 e. The fraction of sp³-hybridized carbons (Fsp3) is 0.600. The smallest absolute Gasteiger partial charge is 0.206 e. The average molecular weight is 173 g/mol. The van der Waals surface area contributed by atoms with Gasteiger partial charge in [-0.3, -0.25) is 0 Å². The van der Waals surface area contributed by atoms with Crippen molar-refractivity contribution in [1.29, 1.82) is 0 Å². The third-order valence-electron chi connectivity index (χ3n) is 1.32. The Hall–Kier alpha value is -0.290. The van der Waals surface area contributed by atoms with E-state index in [1.165, 1.54) is 24.2 Å². The molecule has 1 N–H and O–H groups in total. The lowest BCUT2D eigenvalue weighted by Crippen LogP contribution is -1.99. The van der Waals surface area contributed by atoms with Crippen molar-refractivity contribution in [3.05, 3.63) is 0 Å². The average Bonchev–Trinajstić information content (AvgIpc) is 2.59. The van der Waals surface area contributed by atoms with Gasteiger partial charge >= 0.3 is 0 Å². The van der Waals surface area contributed by atoms with E-state index in [4.69, 9.17) is 0 Å². The molecule has 5 heteroatoms. The number of nitrogens with zero attached hydrogens (tertiary/aromatic N) is 2. The first kappa shape index (κ1) is 6.42. The van der Waals surface area contributed by atoms with Crippen LogP contribution in [0.5, 0.6) is 0 Å². The topological polar surface area (TPSA) is 37.8 Å². The standard InChI is InChI=1S/C5H7N3S2/c9-5-8-7-4(10-5)6-3-1-2-3/h3H,1-2H2,(H,6,7)(H,8,9). The van der Waals surface area contributed by atoms with Gasteiger partial charge in [-0.15, -0.1) is 22.8 Å². The van der Waals surface area contributed by atoms with Gasteiger partial charge in [0.1, 0.15) is 0 Å². The zero-order chi connectivity index (χ0) is 6.97. The van der Waals surface area contributed by atoms with Crippen LogP contribution in [0.2, 0.25) is 0 Å². The normalized spacial score (nSPS) is 17.3. The van der Waals surface area contributed by atoms with Gasteiger partial charge in [-0.2, -0.15) is 0 Å². The molecule has 0 spiro atoms. The SMILES string of the molecule is Sc1nnc(NC2CC2)s1. The molecule has 10 heavy (non-hydrogen) atoms. The van der Waals surface area contributed by atoms with Crippen molar-refractivity contribution in [2.45, 2.75) is 23.2 Å². The molecule has 0 unspecified atom stereocenters. The summed E-state index contributed by atoms with van der Waals surface area (Å²) in [5, 5.41) is 11.8. The van der Waals surface area contributed by atoms with Gasteiger partial charge in [0.05, 0.1) is 0 Å². The summed E-state index contributed by atoms with van der Waals surface area (Å²) >= 11 is 5.54. The van der Waals surface area contributed by atoms with Crippen LogP contribution in [0.1, 0.15) is 12.8 Å². The van der Waals surface area contributed by atoms with Crippen molar-refractivity contribution in [3.63, 3.8) is 0 Å². The third kappa shape index (κ3) is 1.41.